The molecule has 0 spiro atoms. The molecule has 9 nitrogen and oxygen atoms in total. The van der Waals surface area contributed by atoms with Gasteiger partial charge in [0.1, 0.15) is 5.75 Å². The van der Waals surface area contributed by atoms with Crippen LogP contribution in [0.15, 0.2) is 101 Å². The van der Waals surface area contributed by atoms with E-state index in [0.29, 0.717) is 40.7 Å². The van der Waals surface area contributed by atoms with Crippen molar-refractivity contribution >= 4 is 60.5 Å². The summed E-state index contributed by atoms with van der Waals surface area (Å²) in [5.41, 5.74) is 2.26. The molecule has 0 bridgehead atoms. The molecule has 13 heteroatoms. The van der Waals surface area contributed by atoms with Gasteiger partial charge < -0.3 is 10.1 Å². The maximum Gasteiger partial charge on any atom is 0.264 e. The molecule has 0 radical (unpaired) electrons. The first-order valence-electron chi connectivity index (χ1n) is 13.7. The Morgan fingerprint density at radius 1 is 0.909 bits per heavy atom. The number of ether oxygens (including phenoxy) is 1. The molecule has 1 N–H and O–H groups in total. The van der Waals surface area contributed by atoms with Crippen LogP contribution in [-0.4, -0.2) is 46.7 Å². The standard InChI is InChI=1S/C31H29Cl2N3O6S2/c1-2-42-30-15-14-27(19-28(30)33)43(38,39)35(20-22-6-4-3-5-7-22)21-31(37)34-25-11-8-23-16-17-36(29(23)18-25)44(40,41)26-12-9-24(32)10-13-26/h3-15,18-19H,2,16-17,20-21H2,1H3,(H,34,37). The topological polar surface area (TPSA) is 113 Å². The highest BCUT2D eigenvalue weighted by Gasteiger charge is 2.32. The fraction of sp³-hybridized carbons (Fsp3) is 0.194. The van der Waals surface area contributed by atoms with E-state index in [9.17, 15) is 21.6 Å². The van der Waals surface area contributed by atoms with Crippen molar-refractivity contribution in [2.75, 3.05) is 29.3 Å². The van der Waals surface area contributed by atoms with Crippen molar-refractivity contribution in [2.24, 2.45) is 0 Å². The minimum Gasteiger partial charge on any atom is -0.492 e. The van der Waals surface area contributed by atoms with E-state index in [-0.39, 0.29) is 27.9 Å². The fourth-order valence-corrected chi connectivity index (χ4v) is 8.18. The van der Waals surface area contributed by atoms with Gasteiger partial charge in [0, 0.05) is 23.8 Å². The summed E-state index contributed by atoms with van der Waals surface area (Å²) in [6.45, 7) is 1.81. The number of sulfonamides is 2. The van der Waals surface area contributed by atoms with Crippen LogP contribution in [0, 0.1) is 0 Å². The molecule has 0 saturated heterocycles. The van der Waals surface area contributed by atoms with Gasteiger partial charge in [0.05, 0.1) is 33.7 Å². The molecule has 1 aliphatic heterocycles. The van der Waals surface area contributed by atoms with E-state index in [0.717, 1.165) is 9.87 Å². The number of hydrogen-bond acceptors (Lipinski definition) is 6. The summed E-state index contributed by atoms with van der Waals surface area (Å²) in [6, 6.07) is 24.0. The average molecular weight is 675 g/mol. The van der Waals surface area contributed by atoms with Gasteiger partial charge in [-0.15, -0.1) is 0 Å². The van der Waals surface area contributed by atoms with E-state index in [1.165, 1.54) is 46.8 Å². The Hall–Kier alpha value is -3.61. The first-order valence-corrected chi connectivity index (χ1v) is 17.3. The number of benzene rings is 4. The van der Waals surface area contributed by atoms with Crippen LogP contribution in [0.4, 0.5) is 11.4 Å². The van der Waals surface area contributed by atoms with Crippen molar-refractivity contribution in [3.8, 4) is 5.75 Å². The Morgan fingerprint density at radius 3 is 2.30 bits per heavy atom. The van der Waals surface area contributed by atoms with Gasteiger partial charge in [0.25, 0.3) is 10.0 Å². The minimum atomic E-state index is -4.18. The summed E-state index contributed by atoms with van der Waals surface area (Å²) >= 11 is 12.2. The zero-order valence-electron chi connectivity index (χ0n) is 23.6. The molecule has 44 heavy (non-hydrogen) atoms. The maximum absolute atomic E-state index is 13.8. The summed E-state index contributed by atoms with van der Waals surface area (Å²) in [4.78, 5) is 13.3. The third-order valence-electron chi connectivity index (χ3n) is 6.99. The third-order valence-corrected chi connectivity index (χ3v) is 11.1. The lowest BCUT2D eigenvalue weighted by Crippen LogP contribution is -2.37. The van der Waals surface area contributed by atoms with Crippen LogP contribution in [0.5, 0.6) is 5.75 Å². The van der Waals surface area contributed by atoms with Gasteiger partial charge in [-0.1, -0.05) is 59.6 Å². The number of amides is 1. The summed E-state index contributed by atoms with van der Waals surface area (Å²) in [5.74, 6) is -0.254. The highest BCUT2D eigenvalue weighted by Crippen LogP contribution is 2.35. The van der Waals surface area contributed by atoms with Crippen LogP contribution < -0.4 is 14.4 Å². The van der Waals surface area contributed by atoms with Crippen LogP contribution in [0.1, 0.15) is 18.1 Å². The Labute approximate surface area is 267 Å². The predicted octanol–water partition coefficient (Wildman–Crippen LogP) is 5.97. The molecule has 1 aliphatic rings. The quantitative estimate of drug-likeness (QED) is 0.210. The molecule has 1 heterocycles. The van der Waals surface area contributed by atoms with Crippen molar-refractivity contribution in [3.05, 3.63) is 112 Å². The number of fused-ring (bicyclic) bond motifs is 1. The molecule has 1 amide bonds. The SMILES string of the molecule is CCOc1ccc(S(=O)(=O)N(CC(=O)Nc2ccc3c(c2)N(S(=O)(=O)c2ccc(Cl)cc2)CC3)Cc2ccccc2)cc1Cl. The molecule has 0 saturated carbocycles. The van der Waals surface area contributed by atoms with E-state index in [4.69, 9.17) is 27.9 Å². The van der Waals surface area contributed by atoms with E-state index in [2.05, 4.69) is 5.32 Å². The smallest absolute Gasteiger partial charge is 0.264 e. The fourth-order valence-electron chi connectivity index (χ4n) is 4.85. The van der Waals surface area contributed by atoms with Crippen molar-refractivity contribution < 1.29 is 26.4 Å². The molecule has 4 aromatic carbocycles. The highest BCUT2D eigenvalue weighted by atomic mass is 35.5. The van der Waals surface area contributed by atoms with Gasteiger partial charge in [-0.05, 0) is 79.1 Å². The van der Waals surface area contributed by atoms with E-state index >= 15 is 0 Å². The molecule has 0 atom stereocenters. The van der Waals surface area contributed by atoms with Gasteiger partial charge >= 0.3 is 0 Å². The van der Waals surface area contributed by atoms with E-state index in [1.54, 1.807) is 49.4 Å². The Morgan fingerprint density at radius 2 is 1.61 bits per heavy atom. The summed E-state index contributed by atoms with van der Waals surface area (Å²) < 4.78 is 62.1. The maximum atomic E-state index is 13.8. The lowest BCUT2D eigenvalue weighted by atomic mass is 10.1. The Balaban J connectivity index is 1.39. The predicted molar refractivity (Wildman–Crippen MR) is 171 cm³/mol. The van der Waals surface area contributed by atoms with E-state index < -0.39 is 32.5 Å². The molecule has 0 fully saturated rings. The van der Waals surface area contributed by atoms with Crippen molar-refractivity contribution in [2.45, 2.75) is 29.7 Å². The summed E-state index contributed by atoms with van der Waals surface area (Å²) in [7, 11) is -8.05. The zero-order valence-corrected chi connectivity index (χ0v) is 26.8. The second-order valence-corrected chi connectivity index (χ2v) is 14.6. The van der Waals surface area contributed by atoms with Gasteiger partial charge in [-0.25, -0.2) is 16.8 Å². The van der Waals surface area contributed by atoms with Crippen LogP contribution >= 0.6 is 23.2 Å². The van der Waals surface area contributed by atoms with Gasteiger partial charge in [0.15, 0.2) is 0 Å². The monoisotopic (exact) mass is 673 g/mol. The molecular formula is C31H29Cl2N3O6S2. The largest absolute Gasteiger partial charge is 0.492 e. The lowest BCUT2D eigenvalue weighted by Gasteiger charge is -2.23. The number of halogens is 2. The van der Waals surface area contributed by atoms with Crippen LogP contribution in [-0.2, 0) is 37.8 Å². The van der Waals surface area contributed by atoms with Gasteiger partial charge in [-0.3, -0.25) is 9.10 Å². The molecule has 0 aromatic heterocycles. The third kappa shape index (κ3) is 6.87. The molecule has 4 aromatic rings. The number of nitrogens with one attached hydrogen (secondary N) is 1. The van der Waals surface area contributed by atoms with Gasteiger partial charge in [0.2, 0.25) is 15.9 Å². The Kier molecular flexibility index (Phi) is 9.52. The normalized spacial score (nSPS) is 13.1. The average Bonchev–Trinajstić information content (AvgIpc) is 3.43. The van der Waals surface area contributed by atoms with Crippen LogP contribution in [0.3, 0.4) is 0 Å². The van der Waals surface area contributed by atoms with Crippen molar-refractivity contribution in [1.82, 2.24) is 4.31 Å². The first-order chi connectivity index (χ1) is 21.0. The number of hydrogen-bond donors (Lipinski definition) is 1. The lowest BCUT2D eigenvalue weighted by molar-refractivity contribution is -0.116. The van der Waals surface area contributed by atoms with Crippen molar-refractivity contribution in [1.29, 1.82) is 0 Å². The van der Waals surface area contributed by atoms with Crippen LogP contribution in [0.25, 0.3) is 0 Å². The van der Waals surface area contributed by atoms with Crippen molar-refractivity contribution in [3.63, 3.8) is 0 Å². The highest BCUT2D eigenvalue weighted by molar-refractivity contribution is 7.92. The number of rotatable bonds is 11. The first kappa shape index (κ1) is 31.8. The minimum absolute atomic E-state index is 0.0707. The Bertz CT molecular complexity index is 1890. The zero-order chi connectivity index (χ0) is 31.5. The molecule has 230 valence electrons. The van der Waals surface area contributed by atoms with Gasteiger partial charge in [-0.2, -0.15) is 4.31 Å². The number of carbonyl (C=O) groups is 1. The summed E-state index contributed by atoms with van der Waals surface area (Å²) in [5, 5.41) is 3.29. The second kappa shape index (κ2) is 13.2. The van der Waals surface area contributed by atoms with E-state index in [1.807, 2.05) is 6.07 Å². The number of nitrogens with zero attached hydrogens (tertiary/aromatic N) is 2. The van der Waals surface area contributed by atoms with Crippen LogP contribution in [0.2, 0.25) is 10.0 Å². The molecule has 0 aliphatic carbocycles. The number of carbonyl (C=O) groups excluding carboxylic acids is 1. The number of anilines is 2. The summed E-state index contributed by atoms with van der Waals surface area (Å²) in [6.07, 6.45) is 0.504. The molecule has 5 rings (SSSR count). The molecular weight excluding hydrogens is 645 g/mol. The molecule has 0 unspecified atom stereocenters. The second-order valence-electron chi connectivity index (χ2n) is 9.96.